The van der Waals surface area contributed by atoms with Crippen molar-refractivity contribution in [3.8, 4) is 0 Å². The fourth-order valence-electron chi connectivity index (χ4n) is 1.22. The average Bonchev–Trinajstić information content (AvgIpc) is 2.53. The van der Waals surface area contributed by atoms with E-state index >= 15 is 0 Å². The van der Waals surface area contributed by atoms with E-state index in [1.165, 1.54) is 6.92 Å². The number of alkyl halides is 2. The lowest BCUT2D eigenvalue weighted by Gasteiger charge is -2.22. The summed E-state index contributed by atoms with van der Waals surface area (Å²) in [7, 11) is 0. The Morgan fingerprint density at radius 3 is 2.71 bits per heavy atom. The predicted molar refractivity (Wildman–Crippen MR) is 53.7 cm³/mol. The number of hydrogen-bond donors (Lipinski definition) is 1. The van der Waals surface area contributed by atoms with Crippen LogP contribution < -0.4 is 5.32 Å². The van der Waals surface area contributed by atoms with Gasteiger partial charge in [0.05, 0.1) is 11.3 Å². The Morgan fingerprint density at radius 2 is 2.29 bits per heavy atom. The Morgan fingerprint density at radius 1 is 1.64 bits per heavy atom. The first kappa shape index (κ1) is 11.8. The summed E-state index contributed by atoms with van der Waals surface area (Å²) in [6.07, 6.45) is 1.80. The molecule has 1 amide bonds. The van der Waals surface area contributed by atoms with E-state index in [9.17, 15) is 13.6 Å². The predicted octanol–water partition coefficient (Wildman–Crippen LogP) is 2.04. The Kier molecular flexibility index (Phi) is 3.75. The molecule has 1 aliphatic heterocycles. The summed E-state index contributed by atoms with van der Waals surface area (Å²) >= 11 is 1.55. The number of carbonyl (C=O) groups is 1. The molecule has 0 saturated carbocycles. The van der Waals surface area contributed by atoms with Crippen molar-refractivity contribution in [3.05, 3.63) is 0 Å². The summed E-state index contributed by atoms with van der Waals surface area (Å²) in [6, 6.07) is -1.09. The van der Waals surface area contributed by atoms with Crippen LogP contribution in [0.4, 0.5) is 8.78 Å². The highest BCUT2D eigenvalue weighted by atomic mass is 32.2. The summed E-state index contributed by atoms with van der Waals surface area (Å²) < 4.78 is 25.5. The minimum Gasteiger partial charge on any atom is -0.347 e. The average molecular weight is 223 g/mol. The van der Waals surface area contributed by atoms with E-state index in [-0.39, 0.29) is 11.2 Å². The molecular weight excluding hydrogens is 208 g/mol. The van der Waals surface area contributed by atoms with Crippen molar-refractivity contribution in [3.63, 3.8) is 0 Å². The monoisotopic (exact) mass is 223 g/mol. The second-order valence-corrected chi connectivity index (χ2v) is 5.00. The van der Waals surface area contributed by atoms with E-state index in [1.807, 2.05) is 0 Å². The summed E-state index contributed by atoms with van der Waals surface area (Å²) in [5.41, 5.74) is 0. The van der Waals surface area contributed by atoms with Crippen molar-refractivity contribution in [1.82, 2.24) is 5.32 Å². The first-order chi connectivity index (χ1) is 6.41. The van der Waals surface area contributed by atoms with Crippen LogP contribution in [0, 0.1) is 0 Å². The molecule has 1 aliphatic rings. The zero-order valence-electron chi connectivity index (χ0n) is 8.35. The fraction of sp³-hybridized carbons (Fsp3) is 0.889. The number of carbonyl (C=O) groups excluding carboxylic acids is 1. The lowest BCUT2D eigenvalue weighted by atomic mass is 10.2. The molecule has 0 aliphatic carbocycles. The normalized spacial score (nSPS) is 24.7. The first-order valence-electron chi connectivity index (χ1n) is 4.71. The van der Waals surface area contributed by atoms with E-state index in [0.29, 0.717) is 0 Å². The van der Waals surface area contributed by atoms with Gasteiger partial charge in [0.25, 0.3) is 5.92 Å². The second-order valence-electron chi connectivity index (χ2n) is 3.69. The third-order valence-corrected chi connectivity index (χ3v) is 3.72. The summed E-state index contributed by atoms with van der Waals surface area (Å²) in [6.45, 7) is 2.15. The molecule has 5 heteroatoms. The first-order valence-corrected chi connectivity index (χ1v) is 5.76. The SMILES string of the molecule is C[C@@H](NC(=O)[C@@H]1CCCS1)C(C)(F)F. The quantitative estimate of drug-likeness (QED) is 0.793. The molecule has 2 nitrogen and oxygen atoms in total. The highest BCUT2D eigenvalue weighted by molar-refractivity contribution is 8.00. The molecule has 0 aromatic rings. The maximum absolute atomic E-state index is 12.7. The topological polar surface area (TPSA) is 29.1 Å². The molecule has 1 heterocycles. The molecule has 82 valence electrons. The van der Waals surface area contributed by atoms with Crippen LogP contribution in [0.3, 0.4) is 0 Å². The Bertz CT molecular complexity index is 211. The van der Waals surface area contributed by atoms with Crippen molar-refractivity contribution in [1.29, 1.82) is 0 Å². The third-order valence-electron chi connectivity index (χ3n) is 2.34. The van der Waals surface area contributed by atoms with E-state index < -0.39 is 12.0 Å². The molecule has 1 saturated heterocycles. The van der Waals surface area contributed by atoms with Gasteiger partial charge in [-0.3, -0.25) is 4.79 Å². The standard InChI is InChI=1S/C9H15F2NOS/c1-6(9(2,10)11)12-8(13)7-4-3-5-14-7/h6-7H,3-5H2,1-2H3,(H,12,13)/t6-,7+/m1/s1. The maximum atomic E-state index is 12.7. The summed E-state index contributed by atoms with van der Waals surface area (Å²) in [5.74, 6) is -2.14. The number of thioether (sulfide) groups is 1. The van der Waals surface area contributed by atoms with E-state index in [2.05, 4.69) is 5.32 Å². The number of rotatable bonds is 3. The number of hydrogen-bond acceptors (Lipinski definition) is 2. The molecule has 14 heavy (non-hydrogen) atoms. The van der Waals surface area contributed by atoms with Gasteiger partial charge in [0, 0.05) is 6.92 Å². The Hall–Kier alpha value is -0.320. The van der Waals surface area contributed by atoms with Gasteiger partial charge < -0.3 is 5.32 Å². The van der Waals surface area contributed by atoms with Gasteiger partial charge in [0.15, 0.2) is 0 Å². The van der Waals surface area contributed by atoms with Gasteiger partial charge in [-0.05, 0) is 25.5 Å². The summed E-state index contributed by atoms with van der Waals surface area (Å²) in [5, 5.41) is 2.23. The zero-order chi connectivity index (χ0) is 10.8. The summed E-state index contributed by atoms with van der Waals surface area (Å²) in [4.78, 5) is 11.4. The van der Waals surface area contributed by atoms with Crippen molar-refractivity contribution in [2.75, 3.05) is 5.75 Å². The van der Waals surface area contributed by atoms with Crippen LogP contribution in [0.1, 0.15) is 26.7 Å². The van der Waals surface area contributed by atoms with Crippen LogP contribution >= 0.6 is 11.8 Å². The molecule has 0 aromatic heterocycles. The Balaban J connectivity index is 2.40. The van der Waals surface area contributed by atoms with E-state index in [0.717, 1.165) is 25.5 Å². The van der Waals surface area contributed by atoms with E-state index in [1.54, 1.807) is 11.8 Å². The number of halogens is 2. The zero-order valence-corrected chi connectivity index (χ0v) is 9.16. The van der Waals surface area contributed by atoms with Gasteiger partial charge in [0.1, 0.15) is 0 Å². The van der Waals surface area contributed by atoms with Crippen LogP contribution in [0.5, 0.6) is 0 Å². The van der Waals surface area contributed by atoms with Crippen molar-refractivity contribution in [2.45, 2.75) is 43.9 Å². The van der Waals surface area contributed by atoms with Gasteiger partial charge in [-0.1, -0.05) is 0 Å². The van der Waals surface area contributed by atoms with Gasteiger partial charge >= 0.3 is 0 Å². The molecule has 0 aromatic carbocycles. The van der Waals surface area contributed by atoms with Crippen LogP contribution in [0.15, 0.2) is 0 Å². The van der Waals surface area contributed by atoms with Gasteiger partial charge in [0.2, 0.25) is 5.91 Å². The number of nitrogens with one attached hydrogen (secondary N) is 1. The van der Waals surface area contributed by atoms with Gasteiger partial charge in [-0.15, -0.1) is 11.8 Å². The molecule has 1 rings (SSSR count). The van der Waals surface area contributed by atoms with Gasteiger partial charge in [-0.2, -0.15) is 0 Å². The minimum atomic E-state index is -2.85. The fourth-order valence-corrected chi connectivity index (χ4v) is 2.39. The molecule has 1 fully saturated rings. The van der Waals surface area contributed by atoms with Crippen LogP contribution in [0.25, 0.3) is 0 Å². The highest BCUT2D eigenvalue weighted by Crippen LogP contribution is 2.27. The Labute approximate surface area is 86.8 Å². The molecule has 0 unspecified atom stereocenters. The van der Waals surface area contributed by atoms with E-state index in [4.69, 9.17) is 0 Å². The highest BCUT2D eigenvalue weighted by Gasteiger charge is 2.33. The van der Waals surface area contributed by atoms with Crippen molar-refractivity contribution >= 4 is 17.7 Å². The molecule has 1 N–H and O–H groups in total. The van der Waals surface area contributed by atoms with Crippen LogP contribution in [-0.4, -0.2) is 28.9 Å². The third kappa shape index (κ3) is 3.12. The maximum Gasteiger partial charge on any atom is 0.264 e. The van der Waals surface area contributed by atoms with Crippen molar-refractivity contribution in [2.24, 2.45) is 0 Å². The van der Waals surface area contributed by atoms with Crippen LogP contribution in [-0.2, 0) is 4.79 Å². The smallest absolute Gasteiger partial charge is 0.264 e. The van der Waals surface area contributed by atoms with Gasteiger partial charge in [-0.25, -0.2) is 8.78 Å². The molecule has 0 spiro atoms. The molecular formula is C9H15F2NOS. The van der Waals surface area contributed by atoms with Crippen LogP contribution in [0.2, 0.25) is 0 Å². The second kappa shape index (κ2) is 4.47. The number of amides is 1. The van der Waals surface area contributed by atoms with Crippen molar-refractivity contribution < 1.29 is 13.6 Å². The minimum absolute atomic E-state index is 0.125. The lowest BCUT2D eigenvalue weighted by molar-refractivity contribution is -0.124. The molecule has 2 atom stereocenters. The molecule has 0 bridgehead atoms. The largest absolute Gasteiger partial charge is 0.347 e. The lowest BCUT2D eigenvalue weighted by Crippen LogP contribution is -2.46. The molecule has 0 radical (unpaired) electrons.